The Kier molecular flexibility index (Phi) is 4.39. The summed E-state index contributed by atoms with van der Waals surface area (Å²) in [6.45, 7) is 6.38. The average Bonchev–Trinajstić information content (AvgIpc) is 2.26. The highest BCUT2D eigenvalue weighted by Gasteiger charge is 2.10. The smallest absolute Gasteiger partial charge is 0.0688 e. The van der Waals surface area contributed by atoms with Crippen LogP contribution in [0.15, 0.2) is 24.3 Å². The lowest BCUT2D eigenvalue weighted by molar-refractivity contribution is 0.510. The van der Waals surface area contributed by atoms with Gasteiger partial charge in [-0.2, -0.15) is 0 Å². The molecule has 80 valence electrons. The molecule has 1 heteroatoms. The minimum atomic E-state index is 0.166. The van der Waals surface area contributed by atoms with Crippen molar-refractivity contribution in [2.45, 2.75) is 39.3 Å². The van der Waals surface area contributed by atoms with E-state index in [1.807, 2.05) is 0 Å². The summed E-state index contributed by atoms with van der Waals surface area (Å²) in [5.41, 5.74) is 2.63. The van der Waals surface area contributed by atoms with E-state index in [9.17, 15) is 0 Å². The average molecular weight is 201 g/mol. The van der Waals surface area contributed by atoms with Crippen LogP contribution in [0.3, 0.4) is 0 Å². The molecule has 0 fully saturated rings. The van der Waals surface area contributed by atoms with E-state index in [1.54, 1.807) is 0 Å². The van der Waals surface area contributed by atoms with Gasteiger partial charge in [0.1, 0.15) is 0 Å². The second-order valence-electron chi connectivity index (χ2n) is 3.87. The van der Waals surface area contributed by atoms with Gasteiger partial charge in [0, 0.05) is 6.04 Å². The molecule has 2 unspecified atom stereocenters. The predicted molar refractivity (Wildman–Crippen MR) is 65.6 cm³/mol. The third-order valence-corrected chi connectivity index (χ3v) is 2.72. The number of benzene rings is 1. The van der Waals surface area contributed by atoms with Gasteiger partial charge in [-0.3, -0.25) is 5.32 Å². The van der Waals surface area contributed by atoms with Crippen LogP contribution in [-0.4, -0.2) is 6.04 Å². The second-order valence-corrected chi connectivity index (χ2v) is 3.87. The zero-order valence-corrected chi connectivity index (χ0v) is 9.75. The molecule has 15 heavy (non-hydrogen) atoms. The molecule has 0 spiro atoms. The predicted octanol–water partition coefficient (Wildman–Crippen LogP) is 3.06. The van der Waals surface area contributed by atoms with Gasteiger partial charge >= 0.3 is 0 Å². The molecule has 1 aromatic rings. The molecule has 0 saturated heterocycles. The van der Waals surface area contributed by atoms with Gasteiger partial charge in [-0.15, -0.1) is 6.42 Å². The number of aryl methyl sites for hydroxylation is 1. The fourth-order valence-corrected chi connectivity index (χ4v) is 1.75. The van der Waals surface area contributed by atoms with Crippen molar-refractivity contribution in [2.24, 2.45) is 0 Å². The molecule has 0 heterocycles. The molecular weight excluding hydrogens is 182 g/mol. The van der Waals surface area contributed by atoms with E-state index < -0.39 is 0 Å². The van der Waals surface area contributed by atoms with Crippen LogP contribution < -0.4 is 5.32 Å². The maximum atomic E-state index is 5.44. The Morgan fingerprint density at radius 1 is 1.40 bits per heavy atom. The zero-order chi connectivity index (χ0) is 11.3. The van der Waals surface area contributed by atoms with Gasteiger partial charge in [0.2, 0.25) is 0 Å². The number of hydrogen-bond acceptors (Lipinski definition) is 1. The number of rotatable bonds is 4. The Balaban J connectivity index is 2.73. The summed E-state index contributed by atoms with van der Waals surface area (Å²) in [6.07, 6.45) is 6.40. The molecule has 0 amide bonds. The van der Waals surface area contributed by atoms with Gasteiger partial charge < -0.3 is 0 Å². The number of hydrogen-bond donors (Lipinski definition) is 1. The molecule has 0 saturated carbocycles. The van der Waals surface area contributed by atoms with Crippen molar-refractivity contribution in [3.8, 4) is 12.3 Å². The maximum absolute atomic E-state index is 5.44. The first-order valence-electron chi connectivity index (χ1n) is 5.46. The van der Waals surface area contributed by atoms with Crippen molar-refractivity contribution < 1.29 is 0 Å². The summed E-state index contributed by atoms with van der Waals surface area (Å²) in [7, 11) is 0. The van der Waals surface area contributed by atoms with Crippen molar-refractivity contribution in [2.75, 3.05) is 0 Å². The SMILES string of the molecule is C#CC(CC)NC(C)c1ccccc1C. The topological polar surface area (TPSA) is 12.0 Å². The summed E-state index contributed by atoms with van der Waals surface area (Å²) in [4.78, 5) is 0. The van der Waals surface area contributed by atoms with Crippen LogP contribution in [0.1, 0.15) is 37.4 Å². The first-order chi connectivity index (χ1) is 7.19. The molecule has 1 aromatic carbocycles. The summed E-state index contributed by atoms with van der Waals surface area (Å²) >= 11 is 0. The van der Waals surface area contributed by atoms with Gasteiger partial charge in [-0.25, -0.2) is 0 Å². The Morgan fingerprint density at radius 3 is 2.60 bits per heavy atom. The van der Waals surface area contributed by atoms with Gasteiger partial charge in [0.05, 0.1) is 6.04 Å². The molecule has 0 aliphatic heterocycles. The number of nitrogens with one attached hydrogen (secondary N) is 1. The van der Waals surface area contributed by atoms with E-state index in [1.165, 1.54) is 11.1 Å². The molecule has 2 atom stereocenters. The van der Waals surface area contributed by atoms with E-state index in [0.29, 0.717) is 6.04 Å². The highest BCUT2D eigenvalue weighted by Crippen LogP contribution is 2.17. The molecule has 1 rings (SSSR count). The Labute approximate surface area is 92.9 Å². The second kappa shape index (κ2) is 5.58. The third-order valence-electron chi connectivity index (χ3n) is 2.72. The van der Waals surface area contributed by atoms with E-state index in [2.05, 4.69) is 56.3 Å². The van der Waals surface area contributed by atoms with E-state index in [-0.39, 0.29) is 6.04 Å². The van der Waals surface area contributed by atoms with Crippen LogP contribution in [0.25, 0.3) is 0 Å². The van der Waals surface area contributed by atoms with Crippen LogP contribution >= 0.6 is 0 Å². The number of terminal acetylenes is 1. The van der Waals surface area contributed by atoms with Gasteiger partial charge in [-0.1, -0.05) is 37.1 Å². The van der Waals surface area contributed by atoms with Crippen molar-refractivity contribution in [3.63, 3.8) is 0 Å². The van der Waals surface area contributed by atoms with Crippen molar-refractivity contribution in [1.82, 2.24) is 5.32 Å². The normalized spacial score (nSPS) is 14.3. The molecular formula is C14H19N. The van der Waals surface area contributed by atoms with Crippen molar-refractivity contribution in [3.05, 3.63) is 35.4 Å². The Bertz CT molecular complexity index is 349. The maximum Gasteiger partial charge on any atom is 0.0688 e. The fourth-order valence-electron chi connectivity index (χ4n) is 1.75. The van der Waals surface area contributed by atoms with Gasteiger partial charge in [0.15, 0.2) is 0 Å². The van der Waals surface area contributed by atoms with Gasteiger partial charge in [0.25, 0.3) is 0 Å². The lowest BCUT2D eigenvalue weighted by Gasteiger charge is -2.20. The van der Waals surface area contributed by atoms with Crippen LogP contribution in [0.2, 0.25) is 0 Å². The first kappa shape index (κ1) is 11.8. The van der Waals surface area contributed by atoms with E-state index in [4.69, 9.17) is 6.42 Å². The molecule has 0 aliphatic rings. The molecule has 0 aliphatic carbocycles. The standard InChI is InChI=1S/C14H19N/c1-5-13(6-2)15-12(4)14-10-8-7-9-11(14)3/h1,7-10,12-13,15H,6H2,2-4H3. The lowest BCUT2D eigenvalue weighted by Crippen LogP contribution is -2.29. The molecule has 0 radical (unpaired) electrons. The third kappa shape index (κ3) is 3.11. The molecule has 0 bridgehead atoms. The van der Waals surface area contributed by atoms with Crippen molar-refractivity contribution in [1.29, 1.82) is 0 Å². The fraction of sp³-hybridized carbons (Fsp3) is 0.429. The van der Waals surface area contributed by atoms with E-state index >= 15 is 0 Å². The Morgan fingerprint density at radius 2 is 2.07 bits per heavy atom. The molecule has 1 nitrogen and oxygen atoms in total. The Hall–Kier alpha value is -1.26. The minimum Gasteiger partial charge on any atom is -0.297 e. The summed E-state index contributed by atoms with van der Waals surface area (Å²) in [5.74, 6) is 2.76. The summed E-state index contributed by atoms with van der Waals surface area (Å²) in [5, 5.41) is 3.44. The first-order valence-corrected chi connectivity index (χ1v) is 5.46. The lowest BCUT2D eigenvalue weighted by atomic mass is 10.0. The zero-order valence-electron chi connectivity index (χ0n) is 9.75. The largest absolute Gasteiger partial charge is 0.297 e. The molecule has 1 N–H and O–H groups in total. The van der Waals surface area contributed by atoms with Crippen molar-refractivity contribution >= 4 is 0 Å². The van der Waals surface area contributed by atoms with Crippen LogP contribution in [0.4, 0.5) is 0 Å². The van der Waals surface area contributed by atoms with Crippen LogP contribution in [0, 0.1) is 19.3 Å². The highest BCUT2D eigenvalue weighted by molar-refractivity contribution is 5.28. The van der Waals surface area contributed by atoms with Gasteiger partial charge in [-0.05, 0) is 31.4 Å². The quantitative estimate of drug-likeness (QED) is 0.738. The summed E-state index contributed by atoms with van der Waals surface area (Å²) < 4.78 is 0. The van der Waals surface area contributed by atoms with Crippen LogP contribution in [0.5, 0.6) is 0 Å². The monoisotopic (exact) mass is 201 g/mol. The summed E-state index contributed by atoms with van der Waals surface area (Å²) in [6, 6.07) is 8.88. The highest BCUT2D eigenvalue weighted by atomic mass is 14.9. The van der Waals surface area contributed by atoms with Crippen LogP contribution in [-0.2, 0) is 0 Å². The minimum absolute atomic E-state index is 0.166. The van der Waals surface area contributed by atoms with E-state index in [0.717, 1.165) is 6.42 Å². The molecule has 0 aromatic heterocycles.